The van der Waals surface area contributed by atoms with Gasteiger partial charge in [-0.3, -0.25) is 4.79 Å². The second-order valence-electron chi connectivity index (χ2n) is 5.73. The molecule has 2 aromatic carbocycles. The Morgan fingerprint density at radius 1 is 0.852 bits per heavy atom. The monoisotopic (exact) mass is 370 g/mol. The number of carbonyl (C=O) groups is 3. The SMILES string of the molecule is CNC(=O)CC(NC(=O)OCc1ccccc1)C(=O)OCc1ccccc1. The van der Waals surface area contributed by atoms with Crippen molar-refractivity contribution in [2.45, 2.75) is 25.7 Å². The average Bonchev–Trinajstić information content (AvgIpc) is 2.71. The lowest BCUT2D eigenvalue weighted by molar-refractivity contribution is -0.148. The molecule has 7 heteroatoms. The number of rotatable bonds is 8. The van der Waals surface area contributed by atoms with Crippen molar-refractivity contribution in [2.75, 3.05) is 7.05 Å². The molecule has 0 bridgehead atoms. The lowest BCUT2D eigenvalue weighted by Crippen LogP contribution is -2.44. The third kappa shape index (κ3) is 7.19. The van der Waals surface area contributed by atoms with Crippen LogP contribution in [0.5, 0.6) is 0 Å². The first-order chi connectivity index (χ1) is 13.1. The molecule has 0 saturated heterocycles. The molecule has 2 aromatic rings. The lowest BCUT2D eigenvalue weighted by atomic mass is 10.2. The van der Waals surface area contributed by atoms with Crippen LogP contribution in [0, 0.1) is 0 Å². The molecular weight excluding hydrogens is 348 g/mol. The quantitative estimate of drug-likeness (QED) is 0.695. The van der Waals surface area contributed by atoms with Crippen LogP contribution in [-0.2, 0) is 32.3 Å². The number of nitrogens with one attached hydrogen (secondary N) is 2. The zero-order valence-electron chi connectivity index (χ0n) is 15.0. The van der Waals surface area contributed by atoms with Crippen molar-refractivity contribution in [3.63, 3.8) is 0 Å². The summed E-state index contributed by atoms with van der Waals surface area (Å²) < 4.78 is 10.3. The van der Waals surface area contributed by atoms with Gasteiger partial charge >= 0.3 is 12.1 Å². The van der Waals surface area contributed by atoms with E-state index in [2.05, 4.69) is 10.6 Å². The van der Waals surface area contributed by atoms with E-state index in [4.69, 9.17) is 9.47 Å². The van der Waals surface area contributed by atoms with Crippen molar-refractivity contribution in [3.8, 4) is 0 Å². The molecule has 0 fully saturated rings. The Balaban J connectivity index is 1.90. The van der Waals surface area contributed by atoms with E-state index in [-0.39, 0.29) is 19.6 Å². The number of ether oxygens (including phenoxy) is 2. The van der Waals surface area contributed by atoms with Gasteiger partial charge < -0.3 is 20.1 Å². The van der Waals surface area contributed by atoms with Crippen LogP contribution in [0.3, 0.4) is 0 Å². The second kappa shape index (κ2) is 10.6. The Labute approximate surface area is 157 Å². The number of benzene rings is 2. The van der Waals surface area contributed by atoms with E-state index in [1.54, 1.807) is 0 Å². The van der Waals surface area contributed by atoms with Crippen LogP contribution < -0.4 is 10.6 Å². The van der Waals surface area contributed by atoms with Gasteiger partial charge in [0.25, 0.3) is 0 Å². The fourth-order valence-electron chi connectivity index (χ4n) is 2.22. The van der Waals surface area contributed by atoms with Gasteiger partial charge in [0.05, 0.1) is 6.42 Å². The van der Waals surface area contributed by atoms with E-state index in [9.17, 15) is 14.4 Å². The normalized spacial score (nSPS) is 11.1. The Bertz CT molecular complexity index is 749. The van der Waals surface area contributed by atoms with Crippen molar-refractivity contribution in [2.24, 2.45) is 0 Å². The minimum atomic E-state index is -1.14. The maximum absolute atomic E-state index is 12.3. The van der Waals surface area contributed by atoms with Crippen LogP contribution in [0.4, 0.5) is 4.79 Å². The molecule has 2 amide bonds. The van der Waals surface area contributed by atoms with Gasteiger partial charge in [-0.2, -0.15) is 0 Å². The van der Waals surface area contributed by atoms with E-state index in [0.717, 1.165) is 11.1 Å². The molecule has 0 aromatic heterocycles. The van der Waals surface area contributed by atoms with Crippen LogP contribution >= 0.6 is 0 Å². The smallest absolute Gasteiger partial charge is 0.408 e. The van der Waals surface area contributed by atoms with Gasteiger partial charge in [-0.15, -0.1) is 0 Å². The Kier molecular flexibility index (Phi) is 7.84. The minimum absolute atomic E-state index is 0.0463. The zero-order valence-corrected chi connectivity index (χ0v) is 15.0. The number of alkyl carbamates (subject to hydrolysis) is 1. The summed E-state index contributed by atoms with van der Waals surface area (Å²) in [6.07, 6.45) is -1.05. The molecule has 27 heavy (non-hydrogen) atoms. The molecule has 0 heterocycles. The Morgan fingerprint density at radius 2 is 1.37 bits per heavy atom. The molecular formula is C20H22N2O5. The topological polar surface area (TPSA) is 93.7 Å². The number of esters is 1. The molecule has 0 spiro atoms. The molecule has 0 aliphatic heterocycles. The summed E-state index contributed by atoms with van der Waals surface area (Å²) in [6.45, 7) is 0.100. The van der Waals surface area contributed by atoms with Crippen molar-refractivity contribution in [1.82, 2.24) is 10.6 Å². The molecule has 1 unspecified atom stereocenters. The third-order valence-electron chi connectivity index (χ3n) is 3.68. The zero-order chi connectivity index (χ0) is 19.5. The highest BCUT2D eigenvalue weighted by Crippen LogP contribution is 2.05. The molecule has 0 aliphatic rings. The Hall–Kier alpha value is -3.35. The summed E-state index contributed by atoms with van der Waals surface area (Å²) in [5.41, 5.74) is 1.61. The van der Waals surface area contributed by atoms with Crippen molar-refractivity contribution in [1.29, 1.82) is 0 Å². The highest BCUT2D eigenvalue weighted by atomic mass is 16.6. The van der Waals surface area contributed by atoms with Crippen molar-refractivity contribution < 1.29 is 23.9 Å². The fraction of sp³-hybridized carbons (Fsp3) is 0.250. The molecule has 2 N–H and O–H groups in total. The molecule has 1 atom stereocenters. The molecule has 0 radical (unpaired) electrons. The Morgan fingerprint density at radius 3 is 1.89 bits per heavy atom. The van der Waals surface area contributed by atoms with Gasteiger partial charge in [0, 0.05) is 7.05 Å². The van der Waals surface area contributed by atoms with Crippen LogP contribution in [0.2, 0.25) is 0 Å². The van der Waals surface area contributed by atoms with Crippen LogP contribution in [0.15, 0.2) is 60.7 Å². The van der Waals surface area contributed by atoms with Crippen LogP contribution in [0.1, 0.15) is 17.5 Å². The van der Waals surface area contributed by atoms with Crippen molar-refractivity contribution >= 4 is 18.0 Å². The van der Waals surface area contributed by atoms with Gasteiger partial charge in [-0.25, -0.2) is 9.59 Å². The highest BCUT2D eigenvalue weighted by Gasteiger charge is 2.25. The van der Waals surface area contributed by atoms with Gasteiger partial charge in [-0.1, -0.05) is 60.7 Å². The first kappa shape index (κ1) is 20.0. The summed E-state index contributed by atoms with van der Waals surface area (Å²) in [5, 5.41) is 4.81. The average molecular weight is 370 g/mol. The first-order valence-electron chi connectivity index (χ1n) is 8.47. The van der Waals surface area contributed by atoms with E-state index < -0.39 is 24.0 Å². The fourth-order valence-corrected chi connectivity index (χ4v) is 2.22. The number of hydrogen-bond donors (Lipinski definition) is 2. The van der Waals surface area contributed by atoms with E-state index >= 15 is 0 Å². The molecule has 142 valence electrons. The number of amides is 2. The van der Waals surface area contributed by atoms with Crippen LogP contribution in [0.25, 0.3) is 0 Å². The van der Waals surface area contributed by atoms with Crippen molar-refractivity contribution in [3.05, 3.63) is 71.8 Å². The number of carbonyl (C=O) groups excluding carboxylic acids is 3. The minimum Gasteiger partial charge on any atom is -0.459 e. The summed E-state index contributed by atoms with van der Waals surface area (Å²) in [6, 6.07) is 17.1. The summed E-state index contributed by atoms with van der Waals surface area (Å²) in [7, 11) is 1.45. The largest absolute Gasteiger partial charge is 0.459 e. The second-order valence-corrected chi connectivity index (χ2v) is 5.73. The maximum atomic E-state index is 12.3. The summed E-state index contributed by atoms with van der Waals surface area (Å²) in [4.78, 5) is 36.0. The first-order valence-corrected chi connectivity index (χ1v) is 8.47. The van der Waals surface area contributed by atoms with E-state index in [0.29, 0.717) is 0 Å². The molecule has 0 saturated carbocycles. The third-order valence-corrected chi connectivity index (χ3v) is 3.68. The highest BCUT2D eigenvalue weighted by molar-refractivity contribution is 5.87. The predicted molar refractivity (Wildman–Crippen MR) is 98.5 cm³/mol. The molecule has 7 nitrogen and oxygen atoms in total. The van der Waals surface area contributed by atoms with Crippen LogP contribution in [-0.4, -0.2) is 31.1 Å². The summed E-state index contributed by atoms with van der Waals surface area (Å²) >= 11 is 0. The predicted octanol–water partition coefficient (Wildman–Crippen LogP) is 2.16. The molecule has 0 aliphatic carbocycles. The van der Waals surface area contributed by atoms with Gasteiger partial charge in [0.2, 0.25) is 5.91 Å². The van der Waals surface area contributed by atoms with E-state index in [1.807, 2.05) is 60.7 Å². The summed E-state index contributed by atoms with van der Waals surface area (Å²) in [5.74, 6) is -1.11. The van der Waals surface area contributed by atoms with Gasteiger partial charge in [-0.05, 0) is 11.1 Å². The molecule has 2 rings (SSSR count). The maximum Gasteiger partial charge on any atom is 0.408 e. The van der Waals surface area contributed by atoms with Gasteiger partial charge in [0.15, 0.2) is 0 Å². The number of hydrogen-bond acceptors (Lipinski definition) is 5. The van der Waals surface area contributed by atoms with Gasteiger partial charge in [0.1, 0.15) is 19.3 Å². The van der Waals surface area contributed by atoms with E-state index in [1.165, 1.54) is 7.05 Å². The lowest BCUT2D eigenvalue weighted by Gasteiger charge is -2.17. The standard InChI is InChI=1S/C20H22N2O5/c1-21-18(23)12-17(19(24)26-13-15-8-4-2-5-9-15)22-20(25)27-14-16-10-6-3-7-11-16/h2-11,17H,12-14H2,1H3,(H,21,23)(H,22,25).